The van der Waals surface area contributed by atoms with Crippen LogP contribution in [0.3, 0.4) is 0 Å². The summed E-state index contributed by atoms with van der Waals surface area (Å²) in [6.45, 7) is 3.89. The van der Waals surface area contributed by atoms with E-state index in [4.69, 9.17) is 0 Å². The highest BCUT2D eigenvalue weighted by Gasteiger charge is 2.28. The summed E-state index contributed by atoms with van der Waals surface area (Å²) in [6.07, 6.45) is 8.24. The number of nitrogens with zero attached hydrogens (tertiary/aromatic N) is 2. The molecular weight excluding hydrogens is 268 g/mol. The predicted molar refractivity (Wildman–Crippen MR) is 82.0 cm³/mol. The molecule has 3 rings (SSSR count). The number of aryl methyl sites for hydroxylation is 1. The number of aromatic nitrogens is 1. The second-order valence-corrected chi connectivity index (χ2v) is 7.25. The van der Waals surface area contributed by atoms with Gasteiger partial charge < -0.3 is 4.90 Å². The van der Waals surface area contributed by atoms with Gasteiger partial charge in [0.1, 0.15) is 0 Å². The van der Waals surface area contributed by atoms with Gasteiger partial charge in [-0.25, -0.2) is 4.98 Å². The fraction of sp³-hybridized carbons (Fsp3) is 0.750. The number of hydrogen-bond acceptors (Lipinski definition) is 3. The minimum atomic E-state index is 0.384. The van der Waals surface area contributed by atoms with Gasteiger partial charge in [-0.3, -0.25) is 4.79 Å². The molecule has 110 valence electrons. The van der Waals surface area contributed by atoms with E-state index in [2.05, 4.69) is 15.3 Å². The zero-order chi connectivity index (χ0) is 13.9. The highest BCUT2D eigenvalue weighted by molar-refractivity contribution is 7.09. The molecule has 2 aliphatic rings. The summed E-state index contributed by atoms with van der Waals surface area (Å²) in [4.78, 5) is 19.2. The maximum atomic E-state index is 12.4. The zero-order valence-electron chi connectivity index (χ0n) is 12.3. The summed E-state index contributed by atoms with van der Waals surface area (Å²) in [7, 11) is 0. The SMILES string of the molecule is Cc1csc([C@H]2CCCN(C(=O)CC3CCCC3)C2)n1. The predicted octanol–water partition coefficient (Wildman–Crippen LogP) is 3.74. The first-order chi connectivity index (χ1) is 9.72. The number of piperidine rings is 1. The molecule has 1 amide bonds. The van der Waals surface area contributed by atoms with Gasteiger partial charge in [-0.05, 0) is 38.5 Å². The number of amides is 1. The molecule has 1 saturated carbocycles. The van der Waals surface area contributed by atoms with E-state index in [-0.39, 0.29) is 0 Å². The van der Waals surface area contributed by atoms with Crippen LogP contribution in [0.5, 0.6) is 0 Å². The second-order valence-electron chi connectivity index (χ2n) is 6.36. The smallest absolute Gasteiger partial charge is 0.222 e. The number of rotatable bonds is 3. The Labute approximate surface area is 125 Å². The van der Waals surface area contributed by atoms with E-state index in [0.29, 0.717) is 17.7 Å². The highest BCUT2D eigenvalue weighted by atomic mass is 32.1. The van der Waals surface area contributed by atoms with Gasteiger partial charge in [-0.1, -0.05) is 12.8 Å². The summed E-state index contributed by atoms with van der Waals surface area (Å²) in [6, 6.07) is 0. The van der Waals surface area contributed by atoms with Gasteiger partial charge in [-0.15, -0.1) is 11.3 Å². The van der Waals surface area contributed by atoms with Gasteiger partial charge >= 0.3 is 0 Å². The fourth-order valence-corrected chi connectivity index (χ4v) is 4.48. The molecule has 3 nitrogen and oxygen atoms in total. The van der Waals surface area contributed by atoms with Gasteiger partial charge in [0.15, 0.2) is 0 Å². The van der Waals surface area contributed by atoms with Crippen molar-refractivity contribution in [2.75, 3.05) is 13.1 Å². The van der Waals surface area contributed by atoms with E-state index in [1.807, 2.05) is 6.92 Å². The first kappa shape index (κ1) is 14.1. The number of carbonyl (C=O) groups excluding carboxylic acids is 1. The van der Waals surface area contributed by atoms with E-state index < -0.39 is 0 Å². The molecule has 2 heterocycles. The molecule has 0 radical (unpaired) electrons. The maximum absolute atomic E-state index is 12.4. The van der Waals surface area contributed by atoms with Crippen LogP contribution in [0.4, 0.5) is 0 Å². The maximum Gasteiger partial charge on any atom is 0.222 e. The third-order valence-corrected chi connectivity index (χ3v) is 5.82. The largest absolute Gasteiger partial charge is 0.342 e. The van der Waals surface area contributed by atoms with Crippen LogP contribution in [-0.4, -0.2) is 28.9 Å². The van der Waals surface area contributed by atoms with Crippen molar-refractivity contribution in [3.8, 4) is 0 Å². The van der Waals surface area contributed by atoms with Gasteiger partial charge in [0.05, 0.1) is 5.01 Å². The first-order valence-corrected chi connectivity index (χ1v) is 8.80. The van der Waals surface area contributed by atoms with Crippen LogP contribution in [0.1, 0.15) is 61.6 Å². The first-order valence-electron chi connectivity index (χ1n) is 7.92. The van der Waals surface area contributed by atoms with E-state index in [1.54, 1.807) is 11.3 Å². The molecule has 1 aliphatic carbocycles. The lowest BCUT2D eigenvalue weighted by molar-refractivity contribution is -0.133. The van der Waals surface area contributed by atoms with Gasteiger partial charge in [0.25, 0.3) is 0 Å². The third-order valence-electron chi connectivity index (χ3n) is 4.70. The Bertz CT molecular complexity index is 465. The molecule has 1 aromatic rings. The lowest BCUT2D eigenvalue weighted by Crippen LogP contribution is -2.39. The number of hydrogen-bond donors (Lipinski definition) is 0. The molecule has 1 saturated heterocycles. The van der Waals surface area contributed by atoms with Crippen molar-refractivity contribution in [2.24, 2.45) is 5.92 Å². The van der Waals surface area contributed by atoms with Crippen molar-refractivity contribution < 1.29 is 4.79 Å². The molecule has 0 unspecified atom stereocenters. The normalized spacial score (nSPS) is 24.2. The fourth-order valence-electron chi connectivity index (χ4n) is 3.56. The lowest BCUT2D eigenvalue weighted by Gasteiger charge is -2.32. The highest BCUT2D eigenvalue weighted by Crippen LogP contribution is 2.32. The second kappa shape index (κ2) is 6.25. The standard InChI is InChI=1S/C16H24N2OS/c1-12-11-20-16(17-12)14-7-4-8-18(10-14)15(19)9-13-5-2-3-6-13/h11,13-14H,2-10H2,1H3/t14-/m0/s1. The quantitative estimate of drug-likeness (QED) is 0.850. The number of thiazole rings is 1. The summed E-state index contributed by atoms with van der Waals surface area (Å²) in [5.74, 6) is 1.51. The molecule has 0 aromatic carbocycles. The molecule has 2 fully saturated rings. The van der Waals surface area contributed by atoms with Crippen LogP contribution in [0.25, 0.3) is 0 Å². The monoisotopic (exact) mass is 292 g/mol. The molecule has 1 atom stereocenters. The minimum Gasteiger partial charge on any atom is -0.342 e. The van der Waals surface area contributed by atoms with Crippen LogP contribution < -0.4 is 0 Å². The Morgan fingerprint density at radius 2 is 2.15 bits per heavy atom. The molecular formula is C16H24N2OS. The van der Waals surface area contributed by atoms with Crippen LogP contribution in [-0.2, 0) is 4.79 Å². The molecule has 4 heteroatoms. The van der Waals surface area contributed by atoms with Gasteiger partial charge in [-0.2, -0.15) is 0 Å². The minimum absolute atomic E-state index is 0.384. The molecule has 20 heavy (non-hydrogen) atoms. The summed E-state index contributed by atoms with van der Waals surface area (Å²) >= 11 is 1.75. The Hall–Kier alpha value is -0.900. The van der Waals surface area contributed by atoms with E-state index in [0.717, 1.165) is 31.6 Å². The molecule has 0 N–H and O–H groups in total. The summed E-state index contributed by atoms with van der Waals surface area (Å²) in [5, 5.41) is 3.34. The Balaban J connectivity index is 1.58. The van der Waals surface area contributed by atoms with Crippen LogP contribution in [0.15, 0.2) is 5.38 Å². The summed E-state index contributed by atoms with van der Waals surface area (Å²) in [5.41, 5.74) is 1.11. The van der Waals surface area contributed by atoms with Gasteiger partial charge in [0, 0.05) is 36.5 Å². The van der Waals surface area contributed by atoms with Gasteiger partial charge in [0.2, 0.25) is 5.91 Å². The molecule has 0 bridgehead atoms. The van der Waals surface area contributed by atoms with Crippen LogP contribution in [0.2, 0.25) is 0 Å². The van der Waals surface area contributed by atoms with Crippen molar-refractivity contribution in [2.45, 2.75) is 57.8 Å². The van der Waals surface area contributed by atoms with Crippen molar-refractivity contribution in [3.63, 3.8) is 0 Å². The van der Waals surface area contributed by atoms with E-state index >= 15 is 0 Å². The van der Waals surface area contributed by atoms with E-state index in [1.165, 1.54) is 37.1 Å². The zero-order valence-corrected chi connectivity index (χ0v) is 13.1. The summed E-state index contributed by atoms with van der Waals surface area (Å²) < 4.78 is 0. The number of carbonyl (C=O) groups is 1. The average molecular weight is 292 g/mol. The average Bonchev–Trinajstić information content (AvgIpc) is 3.10. The van der Waals surface area contributed by atoms with Crippen molar-refractivity contribution in [1.82, 2.24) is 9.88 Å². The molecule has 0 spiro atoms. The van der Waals surface area contributed by atoms with Crippen molar-refractivity contribution >= 4 is 17.2 Å². The topological polar surface area (TPSA) is 33.2 Å². The van der Waals surface area contributed by atoms with Crippen LogP contribution in [0, 0.1) is 12.8 Å². The van der Waals surface area contributed by atoms with Crippen LogP contribution >= 0.6 is 11.3 Å². The third kappa shape index (κ3) is 3.22. The van der Waals surface area contributed by atoms with Crippen molar-refractivity contribution in [1.29, 1.82) is 0 Å². The Morgan fingerprint density at radius 1 is 1.35 bits per heavy atom. The Morgan fingerprint density at radius 3 is 2.85 bits per heavy atom. The van der Waals surface area contributed by atoms with E-state index in [9.17, 15) is 4.79 Å². The number of likely N-dealkylation sites (tertiary alicyclic amines) is 1. The molecule has 1 aromatic heterocycles. The lowest BCUT2D eigenvalue weighted by atomic mass is 9.97. The molecule has 1 aliphatic heterocycles. The van der Waals surface area contributed by atoms with Crippen molar-refractivity contribution in [3.05, 3.63) is 16.1 Å². The Kier molecular flexibility index (Phi) is 4.39.